The van der Waals surface area contributed by atoms with Crippen LogP contribution in [0.5, 0.6) is 0 Å². The van der Waals surface area contributed by atoms with Crippen LogP contribution in [0.2, 0.25) is 0 Å². The summed E-state index contributed by atoms with van der Waals surface area (Å²) in [6.45, 7) is 5.17. The Morgan fingerprint density at radius 3 is 2.57 bits per heavy atom. The minimum atomic E-state index is 0.680. The summed E-state index contributed by atoms with van der Waals surface area (Å²) in [5.74, 6) is 0.778. The van der Waals surface area contributed by atoms with Crippen molar-refractivity contribution in [2.75, 3.05) is 13.7 Å². The largest absolute Gasteiger partial charge is 0.405 e. The molecule has 0 aromatic rings. The summed E-state index contributed by atoms with van der Waals surface area (Å²) in [6, 6.07) is 0. The van der Waals surface area contributed by atoms with E-state index in [9.17, 15) is 0 Å². The Kier molecular flexibility index (Phi) is 8.75. The molecule has 0 amide bonds. The average Bonchev–Trinajstić information content (AvgIpc) is 2.22. The van der Waals surface area contributed by atoms with Gasteiger partial charge >= 0.3 is 0 Å². The van der Waals surface area contributed by atoms with Crippen LogP contribution in [0.15, 0.2) is 11.8 Å². The fraction of sp³-hybridized carbons (Fsp3) is 0.833. The van der Waals surface area contributed by atoms with Crippen LogP contribution in [0.4, 0.5) is 0 Å². The smallest absolute Gasteiger partial charge is 0.0689 e. The van der Waals surface area contributed by atoms with Gasteiger partial charge in [0, 0.05) is 7.11 Å². The van der Waals surface area contributed by atoms with E-state index in [1.165, 1.54) is 31.3 Å². The molecule has 0 aliphatic carbocycles. The van der Waals surface area contributed by atoms with Gasteiger partial charge in [-0.3, -0.25) is 0 Å². The van der Waals surface area contributed by atoms with Crippen molar-refractivity contribution in [3.63, 3.8) is 0 Å². The molecule has 84 valence electrons. The van der Waals surface area contributed by atoms with E-state index in [0.29, 0.717) is 6.61 Å². The van der Waals surface area contributed by atoms with E-state index in [-0.39, 0.29) is 0 Å². The Morgan fingerprint density at radius 1 is 1.43 bits per heavy atom. The molecule has 0 aliphatic heterocycles. The van der Waals surface area contributed by atoms with Crippen LogP contribution < -0.4 is 5.73 Å². The van der Waals surface area contributed by atoms with Crippen LogP contribution in [0.1, 0.15) is 46.0 Å². The van der Waals surface area contributed by atoms with Gasteiger partial charge in [-0.1, -0.05) is 39.5 Å². The van der Waals surface area contributed by atoms with Gasteiger partial charge in [0.15, 0.2) is 0 Å². The van der Waals surface area contributed by atoms with Gasteiger partial charge in [0.25, 0.3) is 0 Å². The molecule has 0 aromatic carbocycles. The highest BCUT2D eigenvalue weighted by Crippen LogP contribution is 2.20. The molecule has 0 rings (SSSR count). The fourth-order valence-electron chi connectivity index (χ4n) is 1.67. The molecule has 0 fully saturated rings. The second-order valence-corrected chi connectivity index (χ2v) is 3.88. The molecular weight excluding hydrogens is 174 g/mol. The molecule has 0 saturated heterocycles. The molecule has 0 aromatic heterocycles. The third-order valence-electron chi connectivity index (χ3n) is 2.66. The van der Waals surface area contributed by atoms with E-state index in [0.717, 1.165) is 12.3 Å². The minimum absolute atomic E-state index is 0.680. The summed E-state index contributed by atoms with van der Waals surface area (Å²) in [5.41, 5.74) is 6.78. The fourth-order valence-corrected chi connectivity index (χ4v) is 1.67. The average molecular weight is 199 g/mol. The Morgan fingerprint density at radius 2 is 2.14 bits per heavy atom. The van der Waals surface area contributed by atoms with Crippen LogP contribution in [-0.2, 0) is 4.74 Å². The molecule has 2 N–H and O–H groups in total. The zero-order chi connectivity index (χ0) is 10.8. The zero-order valence-electron chi connectivity index (χ0n) is 9.88. The second kappa shape index (κ2) is 9.07. The van der Waals surface area contributed by atoms with Crippen molar-refractivity contribution in [3.8, 4) is 0 Å². The van der Waals surface area contributed by atoms with Crippen LogP contribution in [0, 0.1) is 5.92 Å². The van der Waals surface area contributed by atoms with E-state index in [2.05, 4.69) is 13.8 Å². The third-order valence-corrected chi connectivity index (χ3v) is 2.66. The standard InChI is InChI=1S/C12H25NO/c1-4-6-7-11(5-2)8-12(9-13)10-14-3/h9,11H,4-8,10,13H2,1-3H3/b12-9+/t11-/m1/s1. The van der Waals surface area contributed by atoms with Gasteiger partial charge in [-0.15, -0.1) is 0 Å². The number of rotatable bonds is 8. The highest BCUT2D eigenvalue weighted by molar-refractivity contribution is 5.01. The Hall–Kier alpha value is -0.500. The number of ether oxygens (including phenoxy) is 1. The summed E-state index contributed by atoms with van der Waals surface area (Å²) >= 11 is 0. The van der Waals surface area contributed by atoms with E-state index in [1.807, 2.05) is 0 Å². The van der Waals surface area contributed by atoms with Crippen LogP contribution in [0.25, 0.3) is 0 Å². The molecule has 0 unspecified atom stereocenters. The first-order valence-electron chi connectivity index (χ1n) is 5.66. The molecule has 0 bridgehead atoms. The van der Waals surface area contributed by atoms with E-state index >= 15 is 0 Å². The Balaban J connectivity index is 3.88. The second-order valence-electron chi connectivity index (χ2n) is 3.88. The quantitative estimate of drug-likeness (QED) is 0.652. The molecule has 0 radical (unpaired) electrons. The van der Waals surface area contributed by atoms with E-state index in [4.69, 9.17) is 10.5 Å². The number of hydrogen-bond acceptors (Lipinski definition) is 2. The van der Waals surface area contributed by atoms with Crippen molar-refractivity contribution in [1.82, 2.24) is 0 Å². The van der Waals surface area contributed by atoms with Crippen molar-refractivity contribution in [1.29, 1.82) is 0 Å². The number of nitrogens with two attached hydrogens (primary N) is 1. The van der Waals surface area contributed by atoms with Gasteiger partial charge in [-0.2, -0.15) is 0 Å². The first-order valence-corrected chi connectivity index (χ1v) is 5.66. The maximum absolute atomic E-state index is 5.55. The normalized spacial score (nSPS) is 14.4. The topological polar surface area (TPSA) is 35.2 Å². The van der Waals surface area contributed by atoms with Crippen molar-refractivity contribution >= 4 is 0 Å². The summed E-state index contributed by atoms with van der Waals surface area (Å²) in [6.07, 6.45) is 7.96. The molecular formula is C12H25NO. The number of hydrogen-bond donors (Lipinski definition) is 1. The summed E-state index contributed by atoms with van der Waals surface area (Å²) in [4.78, 5) is 0. The predicted octanol–water partition coefficient (Wildman–Crippen LogP) is 3.08. The van der Waals surface area contributed by atoms with Crippen molar-refractivity contribution < 1.29 is 4.74 Å². The lowest BCUT2D eigenvalue weighted by molar-refractivity contribution is 0.218. The highest BCUT2D eigenvalue weighted by atomic mass is 16.5. The minimum Gasteiger partial charge on any atom is -0.405 e. The van der Waals surface area contributed by atoms with Gasteiger partial charge in [0.2, 0.25) is 0 Å². The van der Waals surface area contributed by atoms with Gasteiger partial charge < -0.3 is 10.5 Å². The summed E-state index contributed by atoms with van der Waals surface area (Å²) in [7, 11) is 1.72. The molecule has 14 heavy (non-hydrogen) atoms. The molecule has 2 heteroatoms. The molecule has 2 nitrogen and oxygen atoms in total. The first-order chi connectivity index (χ1) is 6.78. The molecule has 0 saturated carbocycles. The zero-order valence-corrected chi connectivity index (χ0v) is 9.88. The maximum Gasteiger partial charge on any atom is 0.0689 e. The first kappa shape index (κ1) is 13.5. The third kappa shape index (κ3) is 6.03. The SMILES string of the molecule is CCCC[C@@H](CC)C/C(=C\N)COC. The monoisotopic (exact) mass is 199 g/mol. The molecule has 1 atom stereocenters. The Bertz CT molecular complexity index is 154. The lowest BCUT2D eigenvalue weighted by Crippen LogP contribution is -2.06. The van der Waals surface area contributed by atoms with E-state index in [1.54, 1.807) is 13.3 Å². The van der Waals surface area contributed by atoms with Gasteiger partial charge in [0.05, 0.1) is 6.61 Å². The highest BCUT2D eigenvalue weighted by Gasteiger charge is 2.08. The Labute approximate surface area is 88.5 Å². The lowest BCUT2D eigenvalue weighted by Gasteiger charge is -2.15. The lowest BCUT2D eigenvalue weighted by atomic mass is 9.92. The van der Waals surface area contributed by atoms with E-state index < -0.39 is 0 Å². The van der Waals surface area contributed by atoms with Gasteiger partial charge in [-0.05, 0) is 24.1 Å². The number of unbranched alkanes of at least 4 members (excludes halogenated alkanes) is 1. The van der Waals surface area contributed by atoms with Crippen molar-refractivity contribution in [3.05, 3.63) is 11.8 Å². The van der Waals surface area contributed by atoms with Crippen molar-refractivity contribution in [2.24, 2.45) is 11.7 Å². The van der Waals surface area contributed by atoms with Crippen molar-refractivity contribution in [2.45, 2.75) is 46.0 Å². The summed E-state index contributed by atoms with van der Waals surface area (Å²) in [5, 5.41) is 0. The molecule has 0 aliphatic rings. The predicted molar refractivity (Wildman–Crippen MR) is 62.1 cm³/mol. The van der Waals surface area contributed by atoms with Gasteiger partial charge in [-0.25, -0.2) is 0 Å². The molecule has 0 spiro atoms. The summed E-state index contributed by atoms with van der Waals surface area (Å²) < 4.78 is 5.10. The van der Waals surface area contributed by atoms with Crippen LogP contribution in [-0.4, -0.2) is 13.7 Å². The van der Waals surface area contributed by atoms with Gasteiger partial charge in [0.1, 0.15) is 0 Å². The maximum atomic E-state index is 5.55. The number of methoxy groups -OCH3 is 1. The van der Waals surface area contributed by atoms with Crippen LogP contribution >= 0.6 is 0 Å². The molecule has 0 heterocycles. The van der Waals surface area contributed by atoms with Crippen LogP contribution in [0.3, 0.4) is 0 Å².